The summed E-state index contributed by atoms with van der Waals surface area (Å²) >= 11 is 0. The summed E-state index contributed by atoms with van der Waals surface area (Å²) in [6, 6.07) is 13.8. The Morgan fingerprint density at radius 2 is 1.76 bits per heavy atom. The van der Waals surface area contributed by atoms with Crippen LogP contribution >= 0.6 is 0 Å². The molecule has 1 aliphatic carbocycles. The summed E-state index contributed by atoms with van der Waals surface area (Å²) in [5.74, 6) is 0.487. The van der Waals surface area contributed by atoms with Gasteiger partial charge in [0.25, 0.3) is 0 Å². The summed E-state index contributed by atoms with van der Waals surface area (Å²) in [5.41, 5.74) is 5.78. The Balaban J connectivity index is 1.78. The van der Waals surface area contributed by atoms with Crippen molar-refractivity contribution in [3.05, 3.63) is 81.7 Å². The zero-order chi connectivity index (χ0) is 24.4. The van der Waals surface area contributed by atoms with Crippen LogP contribution in [0.3, 0.4) is 0 Å². The number of Topliss-reactive ketones (excluding diaryl/α,β-unsaturated/α-hetero) is 1. The summed E-state index contributed by atoms with van der Waals surface area (Å²) in [7, 11) is 3.21. The Morgan fingerprint density at radius 1 is 1.00 bits per heavy atom. The van der Waals surface area contributed by atoms with Gasteiger partial charge in [-0.05, 0) is 56.4 Å². The van der Waals surface area contributed by atoms with Crippen LogP contribution in [0.2, 0.25) is 0 Å². The third kappa shape index (κ3) is 4.32. The molecule has 0 radical (unpaired) electrons. The van der Waals surface area contributed by atoms with E-state index in [2.05, 4.69) is 5.32 Å². The molecule has 2 aromatic carbocycles. The molecule has 6 nitrogen and oxygen atoms in total. The quantitative estimate of drug-likeness (QED) is 0.615. The molecule has 0 saturated carbocycles. The predicted molar refractivity (Wildman–Crippen MR) is 130 cm³/mol. The van der Waals surface area contributed by atoms with Gasteiger partial charge < -0.3 is 19.5 Å². The minimum Gasteiger partial charge on any atom is -0.493 e. The van der Waals surface area contributed by atoms with Gasteiger partial charge in [-0.25, -0.2) is 4.79 Å². The number of carbonyl (C=O) groups is 2. The van der Waals surface area contributed by atoms with Crippen molar-refractivity contribution in [2.24, 2.45) is 0 Å². The molecule has 1 heterocycles. The topological polar surface area (TPSA) is 73.9 Å². The number of rotatable bonds is 6. The molecule has 0 amide bonds. The van der Waals surface area contributed by atoms with Gasteiger partial charge in [-0.3, -0.25) is 4.79 Å². The molecule has 2 atom stereocenters. The van der Waals surface area contributed by atoms with Gasteiger partial charge in [-0.2, -0.15) is 0 Å². The van der Waals surface area contributed by atoms with E-state index in [0.717, 1.165) is 28.1 Å². The van der Waals surface area contributed by atoms with Gasteiger partial charge in [0.15, 0.2) is 17.3 Å². The van der Waals surface area contributed by atoms with E-state index in [0.29, 0.717) is 35.5 Å². The molecule has 0 aromatic heterocycles. The van der Waals surface area contributed by atoms with Crippen molar-refractivity contribution in [1.82, 2.24) is 5.32 Å². The fourth-order valence-corrected chi connectivity index (χ4v) is 5.04. The highest BCUT2D eigenvalue weighted by Crippen LogP contribution is 2.46. The Kier molecular flexibility index (Phi) is 6.77. The van der Waals surface area contributed by atoms with Crippen LogP contribution in [-0.4, -0.2) is 32.6 Å². The van der Waals surface area contributed by atoms with Crippen molar-refractivity contribution in [3.8, 4) is 11.5 Å². The molecule has 178 valence electrons. The average Bonchev–Trinajstić information content (AvgIpc) is 2.82. The van der Waals surface area contributed by atoms with E-state index in [1.807, 2.05) is 56.3 Å². The molecule has 34 heavy (non-hydrogen) atoms. The number of benzene rings is 2. The molecule has 0 saturated heterocycles. The number of methoxy groups -OCH3 is 2. The second-order valence-electron chi connectivity index (χ2n) is 8.77. The van der Waals surface area contributed by atoms with Crippen LogP contribution in [0, 0.1) is 6.92 Å². The minimum absolute atomic E-state index is 0.00587. The van der Waals surface area contributed by atoms with Gasteiger partial charge >= 0.3 is 5.97 Å². The van der Waals surface area contributed by atoms with E-state index < -0.39 is 5.92 Å². The van der Waals surface area contributed by atoms with Crippen LogP contribution in [0.15, 0.2) is 65.0 Å². The molecule has 6 heteroatoms. The van der Waals surface area contributed by atoms with Crippen LogP contribution in [-0.2, 0) is 14.3 Å². The Hall–Kier alpha value is -3.54. The summed E-state index contributed by atoms with van der Waals surface area (Å²) in [6.07, 6.45) is 1.01. The van der Waals surface area contributed by atoms with Crippen molar-refractivity contribution in [1.29, 1.82) is 0 Å². The van der Waals surface area contributed by atoms with Crippen LogP contribution < -0.4 is 14.8 Å². The fraction of sp³-hybridized carbons (Fsp3) is 0.357. The molecule has 4 rings (SSSR count). The van der Waals surface area contributed by atoms with Gasteiger partial charge in [0.1, 0.15) is 0 Å². The first-order valence-electron chi connectivity index (χ1n) is 11.6. The highest BCUT2D eigenvalue weighted by molar-refractivity contribution is 6.04. The number of hydrogen-bond acceptors (Lipinski definition) is 6. The number of dihydropyridines is 1. The molecule has 0 fully saturated rings. The second kappa shape index (κ2) is 9.75. The van der Waals surface area contributed by atoms with E-state index >= 15 is 0 Å². The number of hydrogen-bond donors (Lipinski definition) is 1. The summed E-state index contributed by atoms with van der Waals surface area (Å²) in [5, 5.41) is 3.38. The van der Waals surface area contributed by atoms with Crippen LogP contribution in [0.4, 0.5) is 0 Å². The summed E-state index contributed by atoms with van der Waals surface area (Å²) in [4.78, 5) is 26.7. The number of carbonyl (C=O) groups excluding carboxylic acids is 2. The minimum atomic E-state index is -0.450. The van der Waals surface area contributed by atoms with Crippen molar-refractivity contribution in [2.75, 3.05) is 20.8 Å². The first-order valence-corrected chi connectivity index (χ1v) is 11.6. The Bertz CT molecular complexity index is 1190. The normalized spacial score (nSPS) is 20.0. The van der Waals surface area contributed by atoms with Crippen LogP contribution in [0.1, 0.15) is 55.2 Å². The molecule has 2 aromatic rings. The number of aryl methyl sites for hydroxylation is 1. The van der Waals surface area contributed by atoms with Crippen LogP contribution in [0.25, 0.3) is 0 Å². The van der Waals surface area contributed by atoms with Crippen molar-refractivity contribution >= 4 is 11.8 Å². The second-order valence-corrected chi connectivity index (χ2v) is 8.77. The van der Waals surface area contributed by atoms with E-state index in [1.54, 1.807) is 21.1 Å². The fourth-order valence-electron chi connectivity index (χ4n) is 5.04. The van der Waals surface area contributed by atoms with E-state index in [1.165, 1.54) is 0 Å². The maximum Gasteiger partial charge on any atom is 0.336 e. The van der Waals surface area contributed by atoms with Gasteiger partial charge in [-0.15, -0.1) is 0 Å². The molecular weight excluding hydrogens is 430 g/mol. The van der Waals surface area contributed by atoms with Gasteiger partial charge in [0.2, 0.25) is 0 Å². The third-order valence-corrected chi connectivity index (χ3v) is 6.58. The lowest BCUT2D eigenvalue weighted by Crippen LogP contribution is -2.36. The molecule has 1 N–H and O–H groups in total. The smallest absolute Gasteiger partial charge is 0.336 e. The third-order valence-electron chi connectivity index (χ3n) is 6.58. The highest BCUT2D eigenvalue weighted by Gasteiger charge is 2.41. The van der Waals surface area contributed by atoms with Crippen molar-refractivity contribution in [2.45, 2.75) is 45.4 Å². The van der Waals surface area contributed by atoms with Crippen molar-refractivity contribution in [3.63, 3.8) is 0 Å². The van der Waals surface area contributed by atoms with E-state index in [4.69, 9.17) is 14.2 Å². The molecule has 0 unspecified atom stereocenters. The van der Waals surface area contributed by atoms with Gasteiger partial charge in [-0.1, -0.05) is 35.9 Å². The average molecular weight is 462 g/mol. The summed E-state index contributed by atoms with van der Waals surface area (Å²) in [6.45, 7) is 5.95. The zero-order valence-corrected chi connectivity index (χ0v) is 20.4. The number of ketones is 1. The standard InChI is InChI=1S/C28H31NO5/c1-6-34-28(31)25-17(3)29-21-13-20(18-10-11-23(32-4)24(15-18)33-5)14-22(30)27(21)26(25)19-9-7-8-16(2)12-19/h7-12,15,20,26,29H,6,13-14H2,1-5H3/t20-,26+/m1/s1. The predicted octanol–water partition coefficient (Wildman–Crippen LogP) is 4.94. The lowest BCUT2D eigenvalue weighted by Gasteiger charge is -2.36. The van der Waals surface area contributed by atoms with Gasteiger partial charge in [0, 0.05) is 29.3 Å². The number of nitrogens with one attached hydrogen (secondary N) is 1. The molecule has 0 bridgehead atoms. The Labute approximate surface area is 200 Å². The highest BCUT2D eigenvalue weighted by atomic mass is 16.5. The largest absolute Gasteiger partial charge is 0.493 e. The first-order chi connectivity index (χ1) is 16.4. The summed E-state index contributed by atoms with van der Waals surface area (Å²) < 4.78 is 16.2. The van der Waals surface area contributed by atoms with E-state index in [-0.39, 0.29) is 24.3 Å². The first kappa shape index (κ1) is 23.6. The number of esters is 1. The molecule has 0 spiro atoms. The molecular formula is C28H31NO5. The van der Waals surface area contributed by atoms with E-state index in [9.17, 15) is 9.59 Å². The molecule has 1 aliphatic heterocycles. The number of allylic oxidation sites excluding steroid dienone is 3. The molecule has 2 aliphatic rings. The zero-order valence-electron chi connectivity index (χ0n) is 20.4. The number of ether oxygens (including phenoxy) is 3. The van der Waals surface area contributed by atoms with Gasteiger partial charge in [0.05, 0.1) is 26.4 Å². The van der Waals surface area contributed by atoms with Crippen molar-refractivity contribution < 1.29 is 23.8 Å². The van der Waals surface area contributed by atoms with Crippen LogP contribution in [0.5, 0.6) is 11.5 Å². The lowest BCUT2D eigenvalue weighted by molar-refractivity contribution is -0.138. The maximum atomic E-state index is 13.7. The maximum absolute atomic E-state index is 13.7. The Morgan fingerprint density at radius 3 is 2.44 bits per heavy atom. The SMILES string of the molecule is CCOC(=O)C1=C(C)NC2=C(C(=O)C[C@H](c3ccc(OC)c(OC)c3)C2)[C@H]1c1cccc(C)c1. The monoisotopic (exact) mass is 461 g/mol. The lowest BCUT2D eigenvalue weighted by atomic mass is 9.71.